The van der Waals surface area contributed by atoms with Crippen LogP contribution in [0.25, 0.3) is 0 Å². The van der Waals surface area contributed by atoms with Crippen LogP contribution in [0.3, 0.4) is 0 Å². The van der Waals surface area contributed by atoms with Gasteiger partial charge in [0, 0.05) is 24.3 Å². The highest BCUT2D eigenvalue weighted by Gasteiger charge is 2.17. The number of nitriles is 1. The van der Waals surface area contributed by atoms with Crippen molar-refractivity contribution in [1.82, 2.24) is 0 Å². The van der Waals surface area contributed by atoms with Gasteiger partial charge in [-0.05, 0) is 37.5 Å². The van der Waals surface area contributed by atoms with Crippen LogP contribution in [-0.4, -0.2) is 18.9 Å². The first-order chi connectivity index (χ1) is 9.36. The number of hydrogen-bond donors (Lipinski definition) is 0. The zero-order chi connectivity index (χ0) is 15.3. The van der Waals surface area contributed by atoms with Crippen molar-refractivity contribution in [3.05, 3.63) is 29.1 Å². The molecule has 0 amide bonds. The highest BCUT2D eigenvalue weighted by molar-refractivity contribution is 6.00. The number of benzene rings is 1. The summed E-state index contributed by atoms with van der Waals surface area (Å²) >= 11 is 0. The van der Waals surface area contributed by atoms with Gasteiger partial charge in [-0.1, -0.05) is 13.8 Å². The molecule has 0 atom stereocenters. The van der Waals surface area contributed by atoms with Crippen molar-refractivity contribution in [2.45, 2.75) is 34.1 Å². The third kappa shape index (κ3) is 4.06. The Balaban J connectivity index is 3.26. The molecule has 0 bridgehead atoms. The predicted molar refractivity (Wildman–Crippen MR) is 78.4 cm³/mol. The second-order valence-corrected chi connectivity index (χ2v) is 5.42. The van der Waals surface area contributed by atoms with Gasteiger partial charge in [0.05, 0.1) is 12.5 Å². The zero-order valence-corrected chi connectivity index (χ0v) is 12.5. The maximum Gasteiger partial charge on any atom is 0.161 e. The second-order valence-electron chi connectivity index (χ2n) is 5.42. The summed E-state index contributed by atoms with van der Waals surface area (Å²) in [6.45, 7) is 8.53. The summed E-state index contributed by atoms with van der Waals surface area (Å²) < 4.78 is 13.7. The number of Topliss-reactive ketones (excluding diaryl/α,β-unsaturated/α-hetero) is 1. The largest absolute Gasteiger partial charge is 0.370 e. The molecule has 3 nitrogen and oxygen atoms in total. The number of anilines is 1. The molecule has 20 heavy (non-hydrogen) atoms. The molecule has 0 heterocycles. The van der Waals surface area contributed by atoms with Crippen molar-refractivity contribution >= 4 is 11.5 Å². The van der Waals surface area contributed by atoms with Crippen LogP contribution in [0.2, 0.25) is 0 Å². The molecular weight excluding hydrogens is 255 g/mol. The molecule has 0 aromatic heterocycles. The van der Waals surface area contributed by atoms with Gasteiger partial charge in [-0.15, -0.1) is 0 Å². The van der Waals surface area contributed by atoms with Gasteiger partial charge in [0.2, 0.25) is 0 Å². The Labute approximate surface area is 120 Å². The zero-order valence-electron chi connectivity index (χ0n) is 12.5. The van der Waals surface area contributed by atoms with E-state index in [4.69, 9.17) is 5.26 Å². The van der Waals surface area contributed by atoms with E-state index < -0.39 is 0 Å². The van der Waals surface area contributed by atoms with Crippen LogP contribution in [0.15, 0.2) is 12.1 Å². The van der Waals surface area contributed by atoms with Crippen molar-refractivity contribution in [2.24, 2.45) is 5.92 Å². The first-order valence-electron chi connectivity index (χ1n) is 6.79. The number of ketones is 1. The van der Waals surface area contributed by atoms with Gasteiger partial charge in [0.1, 0.15) is 5.82 Å². The van der Waals surface area contributed by atoms with E-state index in [0.717, 1.165) is 12.2 Å². The first-order valence-corrected chi connectivity index (χ1v) is 6.79. The van der Waals surface area contributed by atoms with Gasteiger partial charge in [0.25, 0.3) is 0 Å². The monoisotopic (exact) mass is 276 g/mol. The van der Waals surface area contributed by atoms with Crippen molar-refractivity contribution in [3.63, 3.8) is 0 Å². The van der Waals surface area contributed by atoms with Crippen molar-refractivity contribution < 1.29 is 9.18 Å². The molecule has 0 saturated carbocycles. The summed E-state index contributed by atoms with van der Waals surface area (Å²) in [6.07, 6.45) is 0.375. The lowest BCUT2D eigenvalue weighted by Gasteiger charge is -2.28. The number of carbonyl (C=O) groups is 1. The minimum atomic E-state index is -0.372. The molecule has 1 aromatic carbocycles. The number of halogens is 1. The summed E-state index contributed by atoms with van der Waals surface area (Å²) in [6, 6.07) is 5.11. The first kappa shape index (κ1) is 16.2. The van der Waals surface area contributed by atoms with E-state index in [9.17, 15) is 9.18 Å². The Bertz CT molecular complexity index is 532. The fourth-order valence-corrected chi connectivity index (χ4v) is 2.15. The molecule has 1 rings (SSSR count). The number of nitrogens with zero attached hydrogens (tertiary/aromatic N) is 2. The SMILES string of the molecule is CC(=O)c1cc(F)c(C)cc1N(CCC#N)CC(C)C. The Morgan fingerprint density at radius 1 is 1.45 bits per heavy atom. The van der Waals surface area contributed by atoms with E-state index in [1.54, 1.807) is 13.0 Å². The van der Waals surface area contributed by atoms with Crippen LogP contribution in [0.5, 0.6) is 0 Å². The number of rotatable bonds is 6. The van der Waals surface area contributed by atoms with E-state index in [2.05, 4.69) is 19.9 Å². The molecule has 0 spiro atoms. The molecule has 0 aliphatic heterocycles. The lowest BCUT2D eigenvalue weighted by molar-refractivity contribution is 0.101. The molecule has 4 heteroatoms. The fourth-order valence-electron chi connectivity index (χ4n) is 2.15. The number of hydrogen-bond acceptors (Lipinski definition) is 3. The Kier molecular flexibility index (Phi) is 5.69. The number of aryl methyl sites for hydroxylation is 1. The Morgan fingerprint density at radius 2 is 2.10 bits per heavy atom. The van der Waals surface area contributed by atoms with Crippen LogP contribution in [0.4, 0.5) is 10.1 Å². The lowest BCUT2D eigenvalue weighted by atomic mass is 10.0. The minimum Gasteiger partial charge on any atom is -0.370 e. The van der Waals surface area contributed by atoms with Gasteiger partial charge in [-0.3, -0.25) is 4.79 Å². The van der Waals surface area contributed by atoms with Crippen LogP contribution in [-0.2, 0) is 0 Å². The van der Waals surface area contributed by atoms with E-state index >= 15 is 0 Å². The van der Waals surface area contributed by atoms with Gasteiger partial charge >= 0.3 is 0 Å². The predicted octanol–water partition coefficient (Wildman–Crippen LogP) is 3.71. The Morgan fingerprint density at radius 3 is 2.60 bits per heavy atom. The highest BCUT2D eigenvalue weighted by atomic mass is 19.1. The average Bonchev–Trinajstić information content (AvgIpc) is 2.36. The van der Waals surface area contributed by atoms with Crippen molar-refractivity contribution in [3.8, 4) is 6.07 Å². The third-order valence-corrected chi connectivity index (χ3v) is 3.08. The maximum absolute atomic E-state index is 13.7. The molecule has 0 aliphatic rings. The van der Waals surface area contributed by atoms with E-state index in [-0.39, 0.29) is 11.6 Å². The Hall–Kier alpha value is -1.89. The summed E-state index contributed by atoms with van der Waals surface area (Å²) in [5.74, 6) is -0.146. The van der Waals surface area contributed by atoms with Crippen LogP contribution in [0, 0.1) is 30.0 Å². The standard InChI is InChI=1S/C16H21FN2O/c1-11(2)10-19(7-5-6-18)16-8-12(3)15(17)9-14(16)13(4)20/h8-9,11H,5,7,10H2,1-4H3. The van der Waals surface area contributed by atoms with E-state index in [1.165, 1.54) is 13.0 Å². The summed E-state index contributed by atoms with van der Waals surface area (Å²) in [4.78, 5) is 13.7. The van der Waals surface area contributed by atoms with Gasteiger partial charge in [-0.25, -0.2) is 4.39 Å². The topological polar surface area (TPSA) is 44.1 Å². The van der Waals surface area contributed by atoms with Crippen LogP contribution >= 0.6 is 0 Å². The summed E-state index contributed by atoms with van der Waals surface area (Å²) in [5, 5.41) is 8.77. The smallest absolute Gasteiger partial charge is 0.161 e. The fraction of sp³-hybridized carbons (Fsp3) is 0.500. The average molecular weight is 276 g/mol. The molecule has 0 saturated heterocycles. The molecule has 0 aliphatic carbocycles. The van der Waals surface area contributed by atoms with Crippen LogP contribution < -0.4 is 4.90 Å². The van der Waals surface area contributed by atoms with Gasteiger partial charge < -0.3 is 4.90 Å². The molecule has 1 aromatic rings. The molecular formula is C16H21FN2O. The van der Waals surface area contributed by atoms with Gasteiger partial charge in [0.15, 0.2) is 5.78 Å². The van der Waals surface area contributed by atoms with Crippen molar-refractivity contribution in [1.29, 1.82) is 5.26 Å². The molecule has 0 fully saturated rings. The maximum atomic E-state index is 13.7. The van der Waals surface area contributed by atoms with E-state index in [1.807, 2.05) is 4.90 Å². The number of carbonyl (C=O) groups excluding carboxylic acids is 1. The lowest BCUT2D eigenvalue weighted by Crippen LogP contribution is -2.30. The van der Waals surface area contributed by atoms with Gasteiger partial charge in [-0.2, -0.15) is 5.26 Å². The van der Waals surface area contributed by atoms with Crippen molar-refractivity contribution in [2.75, 3.05) is 18.0 Å². The molecule has 0 N–H and O–H groups in total. The summed E-state index contributed by atoms with van der Waals surface area (Å²) in [5.41, 5.74) is 1.61. The summed E-state index contributed by atoms with van der Waals surface area (Å²) in [7, 11) is 0. The van der Waals surface area contributed by atoms with Crippen LogP contribution in [0.1, 0.15) is 43.1 Å². The molecule has 0 radical (unpaired) electrons. The highest BCUT2D eigenvalue weighted by Crippen LogP contribution is 2.26. The minimum absolute atomic E-state index is 0.162. The molecule has 0 unspecified atom stereocenters. The second kappa shape index (κ2) is 7.04. The molecule has 108 valence electrons. The normalized spacial score (nSPS) is 10.4. The quantitative estimate of drug-likeness (QED) is 0.744. The third-order valence-electron chi connectivity index (χ3n) is 3.08. The van der Waals surface area contributed by atoms with E-state index in [0.29, 0.717) is 30.0 Å².